The van der Waals surface area contributed by atoms with E-state index in [1.165, 1.54) is 6.08 Å². The lowest BCUT2D eigenvalue weighted by Crippen LogP contribution is -2.41. The van der Waals surface area contributed by atoms with Crippen molar-refractivity contribution in [2.45, 2.75) is 52.4 Å². The second-order valence-corrected chi connectivity index (χ2v) is 7.12. The van der Waals surface area contributed by atoms with E-state index >= 15 is 0 Å². The fourth-order valence-corrected chi connectivity index (χ4v) is 2.48. The molecule has 0 saturated carbocycles. The zero-order chi connectivity index (χ0) is 18.2. The van der Waals surface area contributed by atoms with Crippen molar-refractivity contribution in [3.8, 4) is 11.4 Å². The molecule has 6 nitrogen and oxygen atoms in total. The van der Waals surface area contributed by atoms with Crippen LogP contribution < -0.4 is 0 Å². The Morgan fingerprint density at radius 2 is 1.88 bits per heavy atom. The highest BCUT2D eigenvalue weighted by Gasteiger charge is 2.52. The molecule has 0 bridgehead atoms. The maximum Gasteiger partial charge on any atom is 0.524 e. The topological polar surface area (TPSA) is 62.1 Å². The van der Waals surface area contributed by atoms with E-state index in [-0.39, 0.29) is 6.54 Å². The summed E-state index contributed by atoms with van der Waals surface area (Å²) < 4.78 is 27.6. The molecule has 25 heavy (non-hydrogen) atoms. The van der Waals surface area contributed by atoms with Crippen LogP contribution in [0.3, 0.4) is 0 Å². The summed E-state index contributed by atoms with van der Waals surface area (Å²) in [6.45, 7) is 9.77. The molecule has 0 amide bonds. The maximum atomic E-state index is 14.5. The summed E-state index contributed by atoms with van der Waals surface area (Å²) in [7, 11) is -0.986. The predicted molar refractivity (Wildman–Crippen MR) is 93.3 cm³/mol. The smallest absolute Gasteiger partial charge is 0.398 e. The standard InChI is InChI=1S/C17H22BFN4O2/c1-12-10-13(14-11-20-7-8-21-14)22-23(12)9-6-15(19)18-24-16(2,3)17(4,5)25-18/h6-8,10-11H,9H2,1-5H3. The molecule has 132 valence electrons. The molecular weight excluding hydrogens is 322 g/mol. The Morgan fingerprint density at radius 3 is 2.48 bits per heavy atom. The highest BCUT2D eigenvalue weighted by Crippen LogP contribution is 2.38. The van der Waals surface area contributed by atoms with Crippen LogP contribution >= 0.6 is 0 Å². The highest BCUT2D eigenvalue weighted by molar-refractivity contribution is 6.53. The van der Waals surface area contributed by atoms with Gasteiger partial charge >= 0.3 is 7.12 Å². The Hall–Kier alpha value is -2.06. The van der Waals surface area contributed by atoms with Crippen LogP contribution in [0.1, 0.15) is 33.4 Å². The minimum Gasteiger partial charge on any atom is -0.398 e. The first kappa shape index (κ1) is 17.8. The van der Waals surface area contributed by atoms with Crippen molar-refractivity contribution in [2.75, 3.05) is 0 Å². The second kappa shape index (κ2) is 6.35. The summed E-state index contributed by atoms with van der Waals surface area (Å²) in [4.78, 5) is 8.26. The van der Waals surface area contributed by atoms with E-state index in [1.807, 2.05) is 40.7 Å². The van der Waals surface area contributed by atoms with Crippen LogP contribution in [0.5, 0.6) is 0 Å². The van der Waals surface area contributed by atoms with Crippen molar-refractivity contribution in [2.24, 2.45) is 0 Å². The van der Waals surface area contributed by atoms with Crippen LogP contribution in [0.25, 0.3) is 11.4 Å². The van der Waals surface area contributed by atoms with Crippen molar-refractivity contribution in [3.63, 3.8) is 0 Å². The van der Waals surface area contributed by atoms with Crippen molar-refractivity contribution >= 4 is 7.12 Å². The van der Waals surface area contributed by atoms with Gasteiger partial charge in [0, 0.05) is 18.1 Å². The van der Waals surface area contributed by atoms with E-state index in [4.69, 9.17) is 9.31 Å². The van der Waals surface area contributed by atoms with Crippen LogP contribution in [0.15, 0.2) is 36.5 Å². The van der Waals surface area contributed by atoms with Crippen LogP contribution in [0, 0.1) is 6.92 Å². The highest BCUT2D eigenvalue weighted by atomic mass is 19.1. The molecule has 0 spiro atoms. The van der Waals surface area contributed by atoms with E-state index in [0.29, 0.717) is 11.4 Å². The molecule has 2 aromatic heterocycles. The summed E-state index contributed by atoms with van der Waals surface area (Å²) in [5.74, 6) is 0. The van der Waals surface area contributed by atoms with Crippen molar-refractivity contribution in [1.82, 2.24) is 19.7 Å². The Balaban J connectivity index is 1.73. The van der Waals surface area contributed by atoms with Gasteiger partial charge in [0.05, 0.1) is 23.9 Å². The van der Waals surface area contributed by atoms with E-state index in [1.54, 1.807) is 23.3 Å². The quantitative estimate of drug-likeness (QED) is 0.798. The van der Waals surface area contributed by atoms with Gasteiger partial charge in [-0.3, -0.25) is 14.6 Å². The van der Waals surface area contributed by atoms with Gasteiger partial charge in [-0.15, -0.1) is 0 Å². The lowest BCUT2D eigenvalue weighted by Gasteiger charge is -2.32. The average molecular weight is 344 g/mol. The van der Waals surface area contributed by atoms with Crippen LogP contribution in [-0.4, -0.2) is 38.1 Å². The molecule has 1 fully saturated rings. The van der Waals surface area contributed by atoms with Gasteiger partial charge < -0.3 is 9.31 Å². The lowest BCUT2D eigenvalue weighted by atomic mass is 9.88. The normalized spacial score (nSPS) is 19.4. The number of hydrogen-bond donors (Lipinski definition) is 0. The number of aryl methyl sites for hydroxylation is 1. The molecule has 0 aliphatic carbocycles. The van der Waals surface area contributed by atoms with Crippen molar-refractivity contribution in [3.05, 3.63) is 42.2 Å². The summed E-state index contributed by atoms with van der Waals surface area (Å²) in [5, 5.41) is 4.46. The molecule has 2 aromatic rings. The average Bonchev–Trinajstić information content (AvgIpc) is 3.03. The van der Waals surface area contributed by atoms with Gasteiger partial charge in [-0.1, -0.05) is 0 Å². The minimum atomic E-state index is -0.986. The first-order chi connectivity index (χ1) is 11.7. The molecule has 1 aliphatic heterocycles. The number of allylic oxidation sites excluding steroid dienone is 1. The maximum absolute atomic E-state index is 14.5. The Morgan fingerprint density at radius 1 is 1.20 bits per heavy atom. The van der Waals surface area contributed by atoms with Gasteiger partial charge in [0.15, 0.2) is 0 Å². The molecular formula is C17H22BFN4O2. The fraction of sp³-hybridized carbons (Fsp3) is 0.471. The third kappa shape index (κ3) is 3.50. The summed E-state index contributed by atoms with van der Waals surface area (Å²) in [6, 6.07) is 1.89. The van der Waals surface area contributed by atoms with Gasteiger partial charge in [0.2, 0.25) is 0 Å². The van der Waals surface area contributed by atoms with Crippen LogP contribution in [0.4, 0.5) is 4.39 Å². The van der Waals surface area contributed by atoms with Crippen LogP contribution in [0.2, 0.25) is 0 Å². The molecule has 0 unspecified atom stereocenters. The van der Waals surface area contributed by atoms with Gasteiger partial charge in [0.25, 0.3) is 0 Å². The van der Waals surface area contributed by atoms with E-state index in [2.05, 4.69) is 15.1 Å². The van der Waals surface area contributed by atoms with E-state index < -0.39 is 24.0 Å². The SMILES string of the molecule is Cc1cc(-c2cnccn2)nn1CC=C(F)B1OC(C)(C)C(C)(C)O1. The number of rotatable bonds is 4. The number of hydrogen-bond acceptors (Lipinski definition) is 5. The zero-order valence-corrected chi connectivity index (χ0v) is 15.2. The van der Waals surface area contributed by atoms with Crippen molar-refractivity contribution < 1.29 is 13.7 Å². The third-order valence-electron chi connectivity index (χ3n) is 4.74. The molecule has 0 aromatic carbocycles. The number of nitrogens with zero attached hydrogens (tertiary/aromatic N) is 4. The number of aromatic nitrogens is 4. The Labute approximate surface area is 147 Å². The minimum absolute atomic E-state index is 0.280. The molecule has 1 saturated heterocycles. The summed E-state index contributed by atoms with van der Waals surface area (Å²) >= 11 is 0. The molecule has 3 heterocycles. The lowest BCUT2D eigenvalue weighted by molar-refractivity contribution is 0.00578. The first-order valence-electron chi connectivity index (χ1n) is 8.22. The number of halogens is 1. The second-order valence-electron chi connectivity index (χ2n) is 7.12. The van der Waals surface area contributed by atoms with Crippen LogP contribution in [-0.2, 0) is 15.9 Å². The first-order valence-corrected chi connectivity index (χ1v) is 8.22. The van der Waals surface area contributed by atoms with Gasteiger partial charge in [-0.05, 0) is 46.8 Å². The zero-order valence-electron chi connectivity index (χ0n) is 15.2. The molecule has 0 radical (unpaired) electrons. The molecule has 0 N–H and O–H groups in total. The molecule has 0 atom stereocenters. The van der Waals surface area contributed by atoms with E-state index in [9.17, 15) is 4.39 Å². The van der Waals surface area contributed by atoms with Gasteiger partial charge in [-0.25, -0.2) is 4.39 Å². The summed E-state index contributed by atoms with van der Waals surface area (Å²) in [5.41, 5.74) is 0.704. The summed E-state index contributed by atoms with van der Waals surface area (Å²) in [6.07, 6.45) is 6.30. The van der Waals surface area contributed by atoms with Crippen molar-refractivity contribution in [1.29, 1.82) is 0 Å². The Kier molecular flexibility index (Phi) is 4.51. The Bertz CT molecular complexity index is 773. The van der Waals surface area contributed by atoms with E-state index in [0.717, 1.165) is 5.69 Å². The fourth-order valence-electron chi connectivity index (χ4n) is 2.48. The van der Waals surface area contributed by atoms with Gasteiger partial charge in [-0.2, -0.15) is 5.10 Å². The molecule has 8 heteroatoms. The molecule has 3 rings (SSSR count). The largest absolute Gasteiger partial charge is 0.524 e. The third-order valence-corrected chi connectivity index (χ3v) is 4.74. The monoisotopic (exact) mass is 344 g/mol. The predicted octanol–water partition coefficient (Wildman–Crippen LogP) is 3.13. The van der Waals surface area contributed by atoms with Gasteiger partial charge in [0.1, 0.15) is 17.1 Å². The molecule has 1 aliphatic rings.